The lowest BCUT2D eigenvalue weighted by molar-refractivity contribution is -0.116. The molecule has 1 amide bonds. The molecule has 1 N–H and O–H groups in total. The predicted molar refractivity (Wildman–Crippen MR) is 66.5 cm³/mol. The molecule has 0 fully saturated rings. The Bertz CT molecular complexity index is 633. The van der Waals surface area contributed by atoms with E-state index >= 15 is 0 Å². The molecule has 2 aromatic rings. The summed E-state index contributed by atoms with van der Waals surface area (Å²) >= 11 is 1.28. The first kappa shape index (κ1) is 12.4. The van der Waals surface area contributed by atoms with E-state index in [1.165, 1.54) is 28.3 Å². The van der Waals surface area contributed by atoms with Crippen LogP contribution in [0, 0.1) is 13.8 Å². The molecule has 0 spiro atoms. The van der Waals surface area contributed by atoms with Gasteiger partial charge in [0.15, 0.2) is 0 Å². The minimum absolute atomic E-state index is 0.0925. The van der Waals surface area contributed by atoms with Crippen LogP contribution < -0.4 is 10.9 Å². The summed E-state index contributed by atoms with van der Waals surface area (Å²) in [6, 6.07) is 1.38. The normalized spacial score (nSPS) is 10.3. The van der Waals surface area contributed by atoms with Crippen molar-refractivity contribution in [3.8, 4) is 0 Å². The largest absolute Gasteiger partial charge is 0.299 e. The first-order valence-corrected chi connectivity index (χ1v) is 5.99. The van der Waals surface area contributed by atoms with E-state index in [2.05, 4.69) is 20.5 Å². The number of hydrogen-bond donors (Lipinski definition) is 1. The van der Waals surface area contributed by atoms with Crippen molar-refractivity contribution < 1.29 is 4.79 Å². The van der Waals surface area contributed by atoms with Crippen LogP contribution in [0.15, 0.2) is 17.2 Å². The number of aromatic nitrogens is 4. The Hall–Kier alpha value is -2.09. The molecule has 0 aliphatic heterocycles. The number of amides is 1. The molecule has 0 saturated heterocycles. The Morgan fingerprint density at radius 3 is 2.83 bits per heavy atom. The number of aryl methyl sites for hydroxylation is 2. The van der Waals surface area contributed by atoms with Crippen LogP contribution >= 0.6 is 11.3 Å². The third-order valence-electron chi connectivity index (χ3n) is 2.10. The minimum atomic E-state index is -0.334. The maximum atomic E-state index is 11.7. The minimum Gasteiger partial charge on any atom is -0.299 e. The van der Waals surface area contributed by atoms with Crippen molar-refractivity contribution in [3.63, 3.8) is 0 Å². The van der Waals surface area contributed by atoms with Gasteiger partial charge in [-0.25, -0.2) is 4.98 Å². The number of rotatable bonds is 3. The Balaban J connectivity index is 2.05. The lowest BCUT2D eigenvalue weighted by atomic mass is 10.4. The van der Waals surface area contributed by atoms with Gasteiger partial charge in [0.25, 0.3) is 5.56 Å². The fourth-order valence-electron chi connectivity index (χ4n) is 1.30. The molecule has 0 atom stereocenters. The highest BCUT2D eigenvalue weighted by molar-refractivity contribution is 7.15. The highest BCUT2D eigenvalue weighted by Crippen LogP contribution is 2.13. The molecule has 0 radical (unpaired) electrons. The summed E-state index contributed by atoms with van der Waals surface area (Å²) in [5, 5.41) is 11.3. The van der Waals surface area contributed by atoms with Gasteiger partial charge in [-0.2, -0.15) is 0 Å². The molecule has 8 heteroatoms. The van der Waals surface area contributed by atoms with Gasteiger partial charge in [-0.05, 0) is 13.8 Å². The van der Waals surface area contributed by atoms with Crippen molar-refractivity contribution in [3.05, 3.63) is 33.4 Å². The van der Waals surface area contributed by atoms with Crippen LogP contribution in [0.25, 0.3) is 0 Å². The maximum Gasteiger partial charge on any atom is 0.253 e. The van der Waals surface area contributed by atoms with Crippen molar-refractivity contribution in [2.75, 3.05) is 5.32 Å². The van der Waals surface area contributed by atoms with Gasteiger partial charge in [0.1, 0.15) is 11.6 Å². The third kappa shape index (κ3) is 2.98. The van der Waals surface area contributed by atoms with E-state index < -0.39 is 0 Å². The quantitative estimate of drug-likeness (QED) is 0.864. The lowest BCUT2D eigenvalue weighted by Gasteiger charge is -2.04. The first-order valence-electron chi connectivity index (χ1n) is 5.17. The molecule has 94 valence electrons. The van der Waals surface area contributed by atoms with E-state index in [4.69, 9.17) is 0 Å². The average Bonchev–Trinajstić information content (AvgIpc) is 2.68. The van der Waals surface area contributed by atoms with E-state index in [-0.39, 0.29) is 18.0 Å². The van der Waals surface area contributed by atoms with Crippen LogP contribution in [-0.2, 0) is 11.3 Å². The molecular formula is C10H11N5O2S. The summed E-state index contributed by atoms with van der Waals surface area (Å²) in [5.41, 5.74) is 0.363. The monoisotopic (exact) mass is 265 g/mol. The molecule has 7 nitrogen and oxygen atoms in total. The second kappa shape index (κ2) is 5.05. The molecule has 0 aromatic carbocycles. The highest BCUT2D eigenvalue weighted by Gasteiger charge is 2.08. The van der Waals surface area contributed by atoms with Gasteiger partial charge in [-0.15, -0.1) is 10.2 Å². The van der Waals surface area contributed by atoms with Gasteiger partial charge in [0, 0.05) is 11.8 Å². The Morgan fingerprint density at radius 2 is 2.22 bits per heavy atom. The van der Waals surface area contributed by atoms with Gasteiger partial charge in [-0.1, -0.05) is 11.3 Å². The Morgan fingerprint density at radius 1 is 1.44 bits per heavy atom. The van der Waals surface area contributed by atoms with E-state index in [1.54, 1.807) is 13.8 Å². The lowest BCUT2D eigenvalue weighted by Crippen LogP contribution is -2.27. The molecule has 0 bridgehead atoms. The molecular weight excluding hydrogens is 254 g/mol. The number of nitrogens with zero attached hydrogens (tertiary/aromatic N) is 4. The van der Waals surface area contributed by atoms with Crippen LogP contribution in [0.3, 0.4) is 0 Å². The van der Waals surface area contributed by atoms with Gasteiger partial charge in [0.2, 0.25) is 11.0 Å². The van der Waals surface area contributed by atoms with Gasteiger partial charge < -0.3 is 0 Å². The summed E-state index contributed by atoms with van der Waals surface area (Å²) in [4.78, 5) is 27.2. The van der Waals surface area contributed by atoms with E-state index in [9.17, 15) is 9.59 Å². The molecule has 0 saturated carbocycles. The van der Waals surface area contributed by atoms with E-state index in [0.717, 1.165) is 5.01 Å². The van der Waals surface area contributed by atoms with Gasteiger partial charge in [-0.3, -0.25) is 19.5 Å². The van der Waals surface area contributed by atoms with Crippen molar-refractivity contribution in [1.29, 1.82) is 0 Å². The van der Waals surface area contributed by atoms with Crippen molar-refractivity contribution in [2.45, 2.75) is 20.4 Å². The Kier molecular flexibility index (Phi) is 3.47. The summed E-state index contributed by atoms with van der Waals surface area (Å²) < 4.78 is 1.23. The third-order valence-corrected chi connectivity index (χ3v) is 2.86. The fraction of sp³-hybridized carbons (Fsp3) is 0.300. The SMILES string of the molecule is Cc1cc(=O)n(CC(=O)Nc2nnc(C)s2)cn1. The van der Waals surface area contributed by atoms with Crippen LogP contribution in [0.2, 0.25) is 0 Å². The van der Waals surface area contributed by atoms with E-state index in [0.29, 0.717) is 10.8 Å². The number of carbonyl (C=O) groups excluding carboxylic acids is 1. The van der Waals surface area contributed by atoms with Gasteiger partial charge >= 0.3 is 0 Å². The summed E-state index contributed by atoms with van der Waals surface area (Å²) in [7, 11) is 0. The molecule has 2 rings (SSSR count). The maximum absolute atomic E-state index is 11.7. The molecule has 0 unspecified atom stereocenters. The van der Waals surface area contributed by atoms with Crippen LogP contribution in [0.5, 0.6) is 0 Å². The standard InChI is InChI=1S/C10H11N5O2S/c1-6-3-9(17)15(5-11-6)4-8(16)12-10-14-13-7(2)18-10/h3,5H,4H2,1-2H3,(H,12,14,16). The topological polar surface area (TPSA) is 89.8 Å². The zero-order valence-corrected chi connectivity index (χ0v) is 10.7. The zero-order valence-electron chi connectivity index (χ0n) is 9.88. The second-order valence-corrected chi connectivity index (χ2v) is 4.85. The molecule has 0 aliphatic rings. The number of carbonyl (C=O) groups is 1. The molecule has 2 heterocycles. The second-order valence-electron chi connectivity index (χ2n) is 3.67. The van der Waals surface area contributed by atoms with Crippen molar-refractivity contribution in [2.24, 2.45) is 0 Å². The Labute approximate surface area is 107 Å². The van der Waals surface area contributed by atoms with Crippen molar-refractivity contribution in [1.82, 2.24) is 19.7 Å². The zero-order chi connectivity index (χ0) is 13.1. The molecule has 0 aliphatic carbocycles. The number of nitrogens with one attached hydrogen (secondary N) is 1. The summed E-state index contributed by atoms with van der Waals surface area (Å²) in [6.07, 6.45) is 1.35. The number of hydrogen-bond acceptors (Lipinski definition) is 6. The summed E-state index contributed by atoms with van der Waals surface area (Å²) in [5.74, 6) is -0.334. The van der Waals surface area contributed by atoms with Crippen LogP contribution in [0.1, 0.15) is 10.7 Å². The first-order chi connectivity index (χ1) is 8.54. The van der Waals surface area contributed by atoms with Crippen LogP contribution in [-0.4, -0.2) is 25.7 Å². The predicted octanol–water partition coefficient (Wildman–Crippen LogP) is 0.350. The average molecular weight is 265 g/mol. The number of anilines is 1. The highest BCUT2D eigenvalue weighted by atomic mass is 32.1. The van der Waals surface area contributed by atoms with Crippen molar-refractivity contribution >= 4 is 22.4 Å². The molecule has 2 aromatic heterocycles. The van der Waals surface area contributed by atoms with Gasteiger partial charge in [0.05, 0.1) is 6.33 Å². The molecule has 18 heavy (non-hydrogen) atoms. The van der Waals surface area contributed by atoms with Crippen LogP contribution in [0.4, 0.5) is 5.13 Å². The smallest absolute Gasteiger partial charge is 0.253 e. The summed E-state index contributed by atoms with van der Waals surface area (Å²) in [6.45, 7) is 3.42. The van der Waals surface area contributed by atoms with E-state index in [1.807, 2.05) is 0 Å². The fourth-order valence-corrected chi connectivity index (χ4v) is 1.90.